The van der Waals surface area contributed by atoms with Gasteiger partial charge in [0.1, 0.15) is 11.8 Å². The van der Waals surface area contributed by atoms with Gasteiger partial charge in [-0.2, -0.15) is 0 Å². The first-order valence-electron chi connectivity index (χ1n) is 3.96. The fraction of sp³-hybridized carbons (Fsp3) is 0.125. The molecule has 1 amide bonds. The molecule has 0 atom stereocenters. The zero-order valence-electron chi connectivity index (χ0n) is 7.43. The first-order valence-corrected chi connectivity index (χ1v) is 3.96. The van der Waals surface area contributed by atoms with Gasteiger partial charge in [-0.3, -0.25) is 4.79 Å². The highest BCUT2D eigenvalue weighted by atomic mass is 16.1. The summed E-state index contributed by atoms with van der Waals surface area (Å²) in [5.41, 5.74) is 1.06. The molecule has 0 radical (unpaired) electrons. The molecule has 0 unspecified atom stereocenters. The van der Waals surface area contributed by atoms with Crippen LogP contribution in [-0.4, -0.2) is 25.8 Å². The standard InChI is InChI=1S/C8H7N5O/c1-5(14)12-7-3-10-6-2-9-4-11-8(6)13-7/h2-4H,1H3,(H,9,11,12,13,14). The molecule has 6 nitrogen and oxygen atoms in total. The third kappa shape index (κ3) is 1.63. The van der Waals surface area contributed by atoms with Crippen LogP contribution in [0.2, 0.25) is 0 Å². The van der Waals surface area contributed by atoms with Gasteiger partial charge in [0.2, 0.25) is 5.91 Å². The highest BCUT2D eigenvalue weighted by Crippen LogP contribution is 2.07. The maximum Gasteiger partial charge on any atom is 0.222 e. The summed E-state index contributed by atoms with van der Waals surface area (Å²) in [6, 6.07) is 0. The number of nitrogens with zero attached hydrogens (tertiary/aromatic N) is 4. The second-order valence-electron chi connectivity index (χ2n) is 2.67. The molecule has 0 aromatic carbocycles. The largest absolute Gasteiger partial charge is 0.310 e. The number of carbonyl (C=O) groups is 1. The van der Waals surface area contributed by atoms with Gasteiger partial charge < -0.3 is 5.32 Å². The third-order valence-corrected chi connectivity index (χ3v) is 1.53. The fourth-order valence-electron chi connectivity index (χ4n) is 1.01. The summed E-state index contributed by atoms with van der Waals surface area (Å²) in [7, 11) is 0. The minimum atomic E-state index is -0.187. The molecular weight excluding hydrogens is 182 g/mol. The van der Waals surface area contributed by atoms with Crippen LogP contribution in [0.15, 0.2) is 18.7 Å². The van der Waals surface area contributed by atoms with E-state index in [1.165, 1.54) is 19.4 Å². The lowest BCUT2D eigenvalue weighted by Gasteiger charge is -2.00. The van der Waals surface area contributed by atoms with Crippen LogP contribution in [0.25, 0.3) is 11.2 Å². The number of hydrogen-bond acceptors (Lipinski definition) is 5. The van der Waals surface area contributed by atoms with Crippen molar-refractivity contribution in [3.8, 4) is 0 Å². The summed E-state index contributed by atoms with van der Waals surface area (Å²) in [6.45, 7) is 1.41. The molecule has 2 heterocycles. The summed E-state index contributed by atoms with van der Waals surface area (Å²) < 4.78 is 0. The van der Waals surface area contributed by atoms with Crippen LogP contribution in [0.3, 0.4) is 0 Å². The molecule has 1 N–H and O–H groups in total. The summed E-state index contributed by atoms with van der Waals surface area (Å²) in [5.74, 6) is 0.205. The van der Waals surface area contributed by atoms with Gasteiger partial charge in [-0.1, -0.05) is 0 Å². The van der Waals surface area contributed by atoms with Crippen molar-refractivity contribution in [2.45, 2.75) is 6.92 Å². The van der Waals surface area contributed by atoms with Gasteiger partial charge in [0.05, 0.1) is 12.4 Å². The SMILES string of the molecule is CC(=O)Nc1cnc2cncnc2n1. The number of hydrogen-bond donors (Lipinski definition) is 1. The summed E-state index contributed by atoms with van der Waals surface area (Å²) >= 11 is 0. The molecule has 14 heavy (non-hydrogen) atoms. The Labute approximate surface area is 79.4 Å². The second kappa shape index (κ2) is 3.33. The Morgan fingerprint density at radius 1 is 1.36 bits per heavy atom. The molecule has 0 saturated heterocycles. The van der Waals surface area contributed by atoms with Crippen LogP contribution >= 0.6 is 0 Å². The summed E-state index contributed by atoms with van der Waals surface area (Å²) in [6.07, 6.45) is 4.41. The Hall–Kier alpha value is -2.11. The monoisotopic (exact) mass is 189 g/mol. The van der Waals surface area contributed by atoms with Crippen molar-refractivity contribution in [3.63, 3.8) is 0 Å². The highest BCUT2D eigenvalue weighted by molar-refractivity contribution is 5.88. The Balaban J connectivity index is 2.46. The van der Waals surface area contributed by atoms with Crippen LogP contribution in [0, 0.1) is 0 Å². The molecule has 0 aliphatic carbocycles. The average molecular weight is 189 g/mol. The molecule has 0 saturated carbocycles. The van der Waals surface area contributed by atoms with Gasteiger partial charge in [-0.25, -0.2) is 19.9 Å². The maximum absolute atomic E-state index is 10.7. The Bertz CT molecular complexity index is 484. The van der Waals surface area contributed by atoms with Crippen LogP contribution in [0.5, 0.6) is 0 Å². The van der Waals surface area contributed by atoms with E-state index >= 15 is 0 Å². The molecule has 2 aromatic rings. The van der Waals surface area contributed by atoms with Crippen LogP contribution in [-0.2, 0) is 4.79 Å². The van der Waals surface area contributed by atoms with E-state index in [2.05, 4.69) is 25.3 Å². The molecule has 6 heteroatoms. The zero-order chi connectivity index (χ0) is 9.97. The van der Waals surface area contributed by atoms with Crippen molar-refractivity contribution in [1.82, 2.24) is 19.9 Å². The van der Waals surface area contributed by atoms with Crippen LogP contribution in [0.1, 0.15) is 6.92 Å². The van der Waals surface area contributed by atoms with Crippen molar-refractivity contribution in [2.24, 2.45) is 0 Å². The molecule has 2 aromatic heterocycles. The van der Waals surface area contributed by atoms with E-state index in [1.807, 2.05) is 0 Å². The van der Waals surface area contributed by atoms with E-state index in [-0.39, 0.29) is 5.91 Å². The van der Waals surface area contributed by atoms with Gasteiger partial charge in [0.25, 0.3) is 0 Å². The third-order valence-electron chi connectivity index (χ3n) is 1.53. The van der Waals surface area contributed by atoms with Gasteiger partial charge >= 0.3 is 0 Å². The van der Waals surface area contributed by atoms with Crippen LogP contribution in [0.4, 0.5) is 5.82 Å². The van der Waals surface area contributed by atoms with Crippen molar-refractivity contribution >= 4 is 22.9 Å². The summed E-state index contributed by atoms with van der Waals surface area (Å²) in [5, 5.41) is 2.52. The predicted octanol–water partition coefficient (Wildman–Crippen LogP) is 0.378. The number of aromatic nitrogens is 4. The number of nitrogens with one attached hydrogen (secondary N) is 1. The van der Waals surface area contributed by atoms with E-state index in [4.69, 9.17) is 0 Å². The number of amides is 1. The van der Waals surface area contributed by atoms with Crippen molar-refractivity contribution < 1.29 is 4.79 Å². The normalized spacial score (nSPS) is 10.1. The van der Waals surface area contributed by atoms with Crippen molar-refractivity contribution in [1.29, 1.82) is 0 Å². The predicted molar refractivity (Wildman–Crippen MR) is 49.4 cm³/mol. The molecule has 0 fully saturated rings. The van der Waals surface area contributed by atoms with Gasteiger partial charge in [-0.05, 0) is 0 Å². The van der Waals surface area contributed by atoms with Crippen molar-refractivity contribution in [2.75, 3.05) is 5.32 Å². The lowest BCUT2D eigenvalue weighted by Crippen LogP contribution is -2.08. The lowest BCUT2D eigenvalue weighted by molar-refractivity contribution is -0.114. The Morgan fingerprint density at radius 2 is 2.21 bits per heavy atom. The molecule has 2 rings (SSSR count). The second-order valence-corrected chi connectivity index (χ2v) is 2.67. The van der Waals surface area contributed by atoms with E-state index in [1.54, 1.807) is 6.20 Å². The van der Waals surface area contributed by atoms with E-state index in [0.29, 0.717) is 17.0 Å². The van der Waals surface area contributed by atoms with Crippen molar-refractivity contribution in [3.05, 3.63) is 18.7 Å². The number of carbonyl (C=O) groups excluding carboxylic acids is 1. The average Bonchev–Trinajstić information content (AvgIpc) is 2.17. The molecule has 70 valence electrons. The topological polar surface area (TPSA) is 80.7 Å². The zero-order valence-corrected chi connectivity index (χ0v) is 7.43. The van der Waals surface area contributed by atoms with Gasteiger partial charge in [-0.15, -0.1) is 0 Å². The molecule has 0 spiro atoms. The maximum atomic E-state index is 10.7. The quantitative estimate of drug-likeness (QED) is 0.701. The van der Waals surface area contributed by atoms with Crippen LogP contribution < -0.4 is 5.32 Å². The smallest absolute Gasteiger partial charge is 0.222 e. The number of fused-ring (bicyclic) bond motifs is 1. The fourth-order valence-corrected chi connectivity index (χ4v) is 1.01. The first kappa shape index (κ1) is 8.49. The molecule has 0 bridgehead atoms. The first-order chi connectivity index (χ1) is 6.75. The number of rotatable bonds is 1. The minimum absolute atomic E-state index is 0.187. The van der Waals surface area contributed by atoms with E-state index in [9.17, 15) is 4.79 Å². The Morgan fingerprint density at radius 3 is 3.00 bits per heavy atom. The molecule has 0 aliphatic rings. The Kier molecular flexibility index (Phi) is 2.02. The van der Waals surface area contributed by atoms with E-state index < -0.39 is 0 Å². The molecular formula is C8H7N5O. The highest BCUT2D eigenvalue weighted by Gasteiger charge is 2.01. The van der Waals surface area contributed by atoms with Gasteiger partial charge in [0, 0.05) is 6.92 Å². The minimum Gasteiger partial charge on any atom is -0.310 e. The van der Waals surface area contributed by atoms with E-state index in [0.717, 1.165) is 0 Å². The summed E-state index contributed by atoms with van der Waals surface area (Å²) in [4.78, 5) is 26.6. The lowest BCUT2D eigenvalue weighted by atomic mass is 10.5. The van der Waals surface area contributed by atoms with Gasteiger partial charge in [0.15, 0.2) is 11.5 Å². The molecule has 0 aliphatic heterocycles. The number of anilines is 1.